The fourth-order valence-electron chi connectivity index (χ4n) is 2.34. The maximum atomic E-state index is 10.8. The van der Waals surface area contributed by atoms with E-state index < -0.39 is 5.97 Å². The highest BCUT2D eigenvalue weighted by Gasteiger charge is 2.33. The van der Waals surface area contributed by atoms with Crippen molar-refractivity contribution < 1.29 is 9.90 Å². The van der Waals surface area contributed by atoms with E-state index in [9.17, 15) is 4.79 Å². The zero-order chi connectivity index (χ0) is 11.8. The summed E-state index contributed by atoms with van der Waals surface area (Å²) in [6.45, 7) is 7.52. The normalized spacial score (nSPS) is 19.1. The van der Waals surface area contributed by atoms with Crippen molar-refractivity contribution in [2.24, 2.45) is 5.41 Å². The van der Waals surface area contributed by atoms with Crippen LogP contribution in [0.25, 0.3) is 0 Å². The summed E-state index contributed by atoms with van der Waals surface area (Å²) >= 11 is 0. The van der Waals surface area contributed by atoms with E-state index in [2.05, 4.69) is 18.7 Å². The van der Waals surface area contributed by atoms with Crippen LogP contribution in [0.1, 0.15) is 29.8 Å². The number of hydrogen-bond donors (Lipinski definition) is 1. The molecule has 0 aromatic heterocycles. The lowest BCUT2D eigenvalue weighted by Gasteiger charge is -2.46. The third-order valence-corrected chi connectivity index (χ3v) is 2.88. The predicted molar refractivity (Wildman–Crippen MR) is 62.5 cm³/mol. The summed E-state index contributed by atoms with van der Waals surface area (Å²) < 4.78 is 0. The Morgan fingerprint density at radius 1 is 1.44 bits per heavy atom. The van der Waals surface area contributed by atoms with Gasteiger partial charge in [-0.3, -0.25) is 4.90 Å². The molecule has 0 atom stereocenters. The largest absolute Gasteiger partial charge is 0.478 e. The molecule has 0 spiro atoms. The lowest BCUT2D eigenvalue weighted by molar-refractivity contribution is 0.0242. The van der Waals surface area contributed by atoms with Crippen molar-refractivity contribution in [2.45, 2.75) is 20.4 Å². The zero-order valence-corrected chi connectivity index (χ0v) is 9.73. The fourth-order valence-corrected chi connectivity index (χ4v) is 2.34. The van der Waals surface area contributed by atoms with Gasteiger partial charge in [0.05, 0.1) is 5.56 Å². The second-order valence-corrected chi connectivity index (χ2v) is 5.31. The monoisotopic (exact) mass is 219 g/mol. The van der Waals surface area contributed by atoms with E-state index in [4.69, 9.17) is 5.11 Å². The number of nitrogens with zero attached hydrogens (tertiary/aromatic N) is 1. The molecule has 1 aliphatic heterocycles. The molecule has 1 heterocycles. The van der Waals surface area contributed by atoms with Gasteiger partial charge in [0.25, 0.3) is 0 Å². The van der Waals surface area contributed by atoms with E-state index in [1.165, 1.54) is 0 Å². The number of hydrogen-bond acceptors (Lipinski definition) is 2. The number of carboxylic acids is 1. The van der Waals surface area contributed by atoms with Crippen LogP contribution in [0.15, 0.2) is 24.3 Å². The van der Waals surface area contributed by atoms with Crippen LogP contribution < -0.4 is 0 Å². The lowest BCUT2D eigenvalue weighted by atomic mass is 9.84. The van der Waals surface area contributed by atoms with Gasteiger partial charge in [-0.2, -0.15) is 0 Å². The highest BCUT2D eigenvalue weighted by atomic mass is 16.4. The van der Waals surface area contributed by atoms with Crippen LogP contribution in [-0.2, 0) is 6.54 Å². The van der Waals surface area contributed by atoms with Crippen molar-refractivity contribution in [1.82, 2.24) is 4.90 Å². The maximum Gasteiger partial charge on any atom is 0.335 e. The molecule has 3 nitrogen and oxygen atoms in total. The molecular weight excluding hydrogens is 202 g/mol. The first-order chi connectivity index (χ1) is 7.46. The number of likely N-dealkylation sites (tertiary alicyclic amines) is 1. The molecule has 1 aliphatic rings. The van der Waals surface area contributed by atoms with E-state index in [1.807, 2.05) is 12.1 Å². The second kappa shape index (κ2) is 3.91. The summed E-state index contributed by atoms with van der Waals surface area (Å²) in [5.41, 5.74) is 1.87. The SMILES string of the molecule is CC1(C)CN(Cc2cccc(C(=O)O)c2)C1. The minimum absolute atomic E-state index is 0.372. The summed E-state index contributed by atoms with van der Waals surface area (Å²) in [7, 11) is 0. The molecule has 0 aliphatic carbocycles. The molecule has 16 heavy (non-hydrogen) atoms. The predicted octanol–water partition coefficient (Wildman–Crippen LogP) is 2.23. The van der Waals surface area contributed by atoms with E-state index in [0.717, 1.165) is 25.2 Å². The summed E-state index contributed by atoms with van der Waals surface area (Å²) in [6, 6.07) is 7.18. The third kappa shape index (κ3) is 2.42. The topological polar surface area (TPSA) is 40.5 Å². The summed E-state index contributed by atoms with van der Waals surface area (Å²) in [4.78, 5) is 13.1. The Morgan fingerprint density at radius 2 is 2.12 bits per heavy atom. The van der Waals surface area contributed by atoms with Crippen molar-refractivity contribution in [3.8, 4) is 0 Å². The second-order valence-electron chi connectivity index (χ2n) is 5.31. The smallest absolute Gasteiger partial charge is 0.335 e. The van der Waals surface area contributed by atoms with Gasteiger partial charge in [0.15, 0.2) is 0 Å². The fraction of sp³-hybridized carbons (Fsp3) is 0.462. The van der Waals surface area contributed by atoms with Crippen LogP contribution in [0.4, 0.5) is 0 Å². The van der Waals surface area contributed by atoms with E-state index >= 15 is 0 Å². The number of carbonyl (C=O) groups is 1. The van der Waals surface area contributed by atoms with Crippen molar-refractivity contribution in [3.05, 3.63) is 35.4 Å². The Kier molecular flexibility index (Phi) is 2.72. The van der Waals surface area contributed by atoms with Gasteiger partial charge in [-0.15, -0.1) is 0 Å². The first kappa shape index (κ1) is 11.1. The highest BCUT2D eigenvalue weighted by Crippen LogP contribution is 2.29. The van der Waals surface area contributed by atoms with Gasteiger partial charge < -0.3 is 5.11 Å². The molecular formula is C13H17NO2. The molecule has 1 aromatic rings. The van der Waals surface area contributed by atoms with Crippen molar-refractivity contribution in [3.63, 3.8) is 0 Å². The highest BCUT2D eigenvalue weighted by molar-refractivity contribution is 5.87. The van der Waals surface area contributed by atoms with Crippen LogP contribution in [0, 0.1) is 5.41 Å². The minimum Gasteiger partial charge on any atom is -0.478 e. The number of carboxylic acid groups (broad SMARTS) is 1. The van der Waals surface area contributed by atoms with E-state index in [0.29, 0.717) is 11.0 Å². The average molecular weight is 219 g/mol. The first-order valence-electron chi connectivity index (χ1n) is 5.51. The Bertz CT molecular complexity index is 404. The standard InChI is InChI=1S/C13H17NO2/c1-13(2)8-14(9-13)7-10-4-3-5-11(6-10)12(15)16/h3-6H,7-9H2,1-2H3,(H,15,16). The average Bonchev–Trinajstić information content (AvgIpc) is 2.15. The molecule has 1 N–H and O–H groups in total. The molecule has 1 aromatic carbocycles. The quantitative estimate of drug-likeness (QED) is 0.847. The molecule has 1 fully saturated rings. The van der Waals surface area contributed by atoms with E-state index in [1.54, 1.807) is 12.1 Å². The Balaban J connectivity index is 2.00. The van der Waals surface area contributed by atoms with Crippen LogP contribution in [0.5, 0.6) is 0 Å². The van der Waals surface area contributed by atoms with Gasteiger partial charge in [0.2, 0.25) is 0 Å². The number of benzene rings is 1. The maximum absolute atomic E-state index is 10.8. The lowest BCUT2D eigenvalue weighted by Crippen LogP contribution is -2.52. The Labute approximate surface area is 95.7 Å². The molecule has 1 saturated heterocycles. The van der Waals surface area contributed by atoms with Gasteiger partial charge in [0, 0.05) is 19.6 Å². The van der Waals surface area contributed by atoms with Gasteiger partial charge >= 0.3 is 5.97 Å². The van der Waals surface area contributed by atoms with Crippen LogP contribution >= 0.6 is 0 Å². The molecule has 0 unspecified atom stereocenters. The third-order valence-electron chi connectivity index (χ3n) is 2.88. The summed E-state index contributed by atoms with van der Waals surface area (Å²) in [5.74, 6) is -0.856. The zero-order valence-electron chi connectivity index (χ0n) is 9.73. The summed E-state index contributed by atoms with van der Waals surface area (Å²) in [5, 5.41) is 8.88. The number of aromatic carboxylic acids is 1. The minimum atomic E-state index is -0.856. The molecule has 3 heteroatoms. The van der Waals surface area contributed by atoms with Crippen LogP contribution in [0.3, 0.4) is 0 Å². The first-order valence-corrected chi connectivity index (χ1v) is 5.51. The van der Waals surface area contributed by atoms with Gasteiger partial charge in [-0.25, -0.2) is 4.79 Å². The van der Waals surface area contributed by atoms with Gasteiger partial charge in [0.1, 0.15) is 0 Å². The molecule has 0 saturated carbocycles. The number of rotatable bonds is 3. The van der Waals surface area contributed by atoms with Gasteiger partial charge in [-0.1, -0.05) is 26.0 Å². The molecule has 0 amide bonds. The van der Waals surface area contributed by atoms with Crippen molar-refractivity contribution in [2.75, 3.05) is 13.1 Å². The molecule has 2 rings (SSSR count). The van der Waals surface area contributed by atoms with Gasteiger partial charge in [-0.05, 0) is 23.1 Å². The molecule has 0 bridgehead atoms. The van der Waals surface area contributed by atoms with Crippen molar-refractivity contribution in [1.29, 1.82) is 0 Å². The molecule has 86 valence electrons. The Hall–Kier alpha value is -1.35. The van der Waals surface area contributed by atoms with Crippen LogP contribution in [-0.4, -0.2) is 29.1 Å². The van der Waals surface area contributed by atoms with Crippen LogP contribution in [0.2, 0.25) is 0 Å². The van der Waals surface area contributed by atoms with Crippen molar-refractivity contribution >= 4 is 5.97 Å². The van der Waals surface area contributed by atoms with E-state index in [-0.39, 0.29) is 0 Å². The Morgan fingerprint density at radius 3 is 2.69 bits per heavy atom. The summed E-state index contributed by atoms with van der Waals surface area (Å²) in [6.07, 6.45) is 0. The molecule has 0 radical (unpaired) electrons.